The number of carbonyl (C=O) groups is 1. The van der Waals surface area contributed by atoms with E-state index in [1.807, 2.05) is 10.8 Å². The second-order valence-corrected chi connectivity index (χ2v) is 5.53. The molecule has 0 aliphatic heterocycles. The Morgan fingerprint density at radius 2 is 2.28 bits per heavy atom. The minimum Gasteiger partial charge on any atom is -0.461 e. The zero-order valence-electron chi connectivity index (χ0n) is 13.3. The third-order valence-electron chi connectivity index (χ3n) is 3.82. The van der Waals surface area contributed by atoms with Crippen molar-refractivity contribution < 1.29 is 9.21 Å². The summed E-state index contributed by atoms with van der Waals surface area (Å²) in [7, 11) is 0. The highest BCUT2D eigenvalue weighted by Gasteiger charge is 2.15. The van der Waals surface area contributed by atoms with Crippen LogP contribution in [-0.4, -0.2) is 37.0 Å². The quantitative estimate of drug-likeness (QED) is 0.526. The Balaban J connectivity index is 1.47. The molecule has 0 atom stereocenters. The summed E-state index contributed by atoms with van der Waals surface area (Å²) in [6.45, 7) is 1.37. The maximum absolute atomic E-state index is 12.5. The summed E-state index contributed by atoms with van der Waals surface area (Å²) in [4.78, 5) is 28.2. The van der Waals surface area contributed by atoms with Gasteiger partial charge in [0, 0.05) is 31.7 Å². The Kier molecular flexibility index (Phi) is 3.99. The van der Waals surface area contributed by atoms with Crippen LogP contribution in [0, 0.1) is 0 Å². The number of amides is 1. The van der Waals surface area contributed by atoms with Gasteiger partial charge in [-0.2, -0.15) is 0 Å². The second-order valence-electron chi connectivity index (χ2n) is 5.53. The molecule has 0 fully saturated rings. The molecule has 2 N–H and O–H groups in total. The highest BCUT2D eigenvalue weighted by atomic mass is 16.3. The molecule has 0 radical (unpaired) electrons. The standard InChI is InChI=1S/C17H16N6O2/c24-17(20-5-2-8-23-9-7-18-11-23)12-4-6-19-16-14(12)21-15(22-16)13-3-1-10-25-13/h1,3-4,6-7,9-11H,2,5,8H2,(H,20,24)(H,19,21,22). The van der Waals surface area contributed by atoms with E-state index in [0.717, 1.165) is 13.0 Å². The van der Waals surface area contributed by atoms with Crippen molar-refractivity contribution in [3.63, 3.8) is 0 Å². The number of furan rings is 1. The van der Waals surface area contributed by atoms with E-state index < -0.39 is 0 Å². The van der Waals surface area contributed by atoms with Crippen LogP contribution in [0.4, 0.5) is 0 Å². The van der Waals surface area contributed by atoms with Crippen LogP contribution >= 0.6 is 0 Å². The van der Waals surface area contributed by atoms with Gasteiger partial charge in [0.15, 0.2) is 17.2 Å². The summed E-state index contributed by atoms with van der Waals surface area (Å²) in [6, 6.07) is 5.25. The van der Waals surface area contributed by atoms with Gasteiger partial charge in [-0.1, -0.05) is 0 Å². The van der Waals surface area contributed by atoms with Crippen LogP contribution in [0.2, 0.25) is 0 Å². The molecule has 4 heterocycles. The van der Waals surface area contributed by atoms with Crippen molar-refractivity contribution >= 4 is 17.1 Å². The number of rotatable bonds is 6. The summed E-state index contributed by atoms with van der Waals surface area (Å²) in [5.74, 6) is 0.980. The number of pyridine rings is 1. The molecule has 4 aromatic rings. The van der Waals surface area contributed by atoms with E-state index in [2.05, 4.69) is 25.3 Å². The van der Waals surface area contributed by atoms with Gasteiger partial charge in [0.05, 0.1) is 18.2 Å². The molecule has 0 aliphatic rings. The predicted octanol–water partition coefficient (Wildman–Crippen LogP) is 2.23. The topological polar surface area (TPSA) is 102 Å². The Labute approximate surface area is 142 Å². The van der Waals surface area contributed by atoms with E-state index in [1.54, 1.807) is 43.2 Å². The first-order valence-corrected chi connectivity index (χ1v) is 7.94. The van der Waals surface area contributed by atoms with Crippen LogP contribution < -0.4 is 5.32 Å². The maximum Gasteiger partial charge on any atom is 0.253 e. The van der Waals surface area contributed by atoms with Crippen LogP contribution in [-0.2, 0) is 6.54 Å². The van der Waals surface area contributed by atoms with Gasteiger partial charge in [0.2, 0.25) is 0 Å². The molecule has 0 saturated heterocycles. The number of aromatic amines is 1. The molecule has 126 valence electrons. The number of nitrogens with one attached hydrogen (secondary N) is 2. The van der Waals surface area contributed by atoms with Crippen molar-refractivity contribution in [2.45, 2.75) is 13.0 Å². The van der Waals surface area contributed by atoms with E-state index >= 15 is 0 Å². The zero-order valence-corrected chi connectivity index (χ0v) is 13.3. The average Bonchev–Trinajstić information content (AvgIpc) is 3.38. The first kappa shape index (κ1) is 15.1. The Morgan fingerprint density at radius 3 is 3.08 bits per heavy atom. The largest absolute Gasteiger partial charge is 0.461 e. The van der Waals surface area contributed by atoms with Crippen LogP contribution in [0.5, 0.6) is 0 Å². The molecule has 4 rings (SSSR count). The number of aromatic nitrogens is 5. The van der Waals surface area contributed by atoms with Crippen LogP contribution in [0.15, 0.2) is 53.8 Å². The van der Waals surface area contributed by atoms with Crippen LogP contribution in [0.25, 0.3) is 22.7 Å². The Hall–Kier alpha value is -3.42. The first-order valence-electron chi connectivity index (χ1n) is 7.94. The molecule has 0 unspecified atom stereocenters. The number of hydrogen-bond acceptors (Lipinski definition) is 5. The number of H-pyrrole nitrogens is 1. The average molecular weight is 336 g/mol. The monoisotopic (exact) mass is 336 g/mol. The number of nitrogens with zero attached hydrogens (tertiary/aromatic N) is 4. The molecule has 0 spiro atoms. The molecule has 0 bridgehead atoms. The predicted molar refractivity (Wildman–Crippen MR) is 90.8 cm³/mol. The highest BCUT2D eigenvalue weighted by molar-refractivity contribution is 6.04. The van der Waals surface area contributed by atoms with Crippen LogP contribution in [0.3, 0.4) is 0 Å². The highest BCUT2D eigenvalue weighted by Crippen LogP contribution is 2.21. The number of carbonyl (C=O) groups excluding carboxylic acids is 1. The van der Waals surface area contributed by atoms with Crippen LogP contribution in [0.1, 0.15) is 16.8 Å². The molecule has 1 amide bonds. The van der Waals surface area contributed by atoms with E-state index in [0.29, 0.717) is 34.9 Å². The maximum atomic E-state index is 12.5. The molecule has 8 heteroatoms. The molecule has 4 aromatic heterocycles. The van der Waals surface area contributed by atoms with Crippen molar-refractivity contribution in [1.29, 1.82) is 0 Å². The molecule has 0 saturated carbocycles. The van der Waals surface area contributed by atoms with Crippen molar-refractivity contribution in [2.75, 3.05) is 6.54 Å². The number of fused-ring (bicyclic) bond motifs is 1. The Morgan fingerprint density at radius 1 is 1.32 bits per heavy atom. The molecule has 8 nitrogen and oxygen atoms in total. The summed E-state index contributed by atoms with van der Waals surface area (Å²) in [5, 5.41) is 2.92. The molecule has 0 aromatic carbocycles. The smallest absolute Gasteiger partial charge is 0.253 e. The van der Waals surface area contributed by atoms with Crippen molar-refractivity contribution in [3.8, 4) is 11.6 Å². The van der Waals surface area contributed by atoms with E-state index in [-0.39, 0.29) is 5.91 Å². The number of imidazole rings is 2. The van der Waals surface area contributed by atoms with Crippen molar-refractivity contribution in [2.24, 2.45) is 0 Å². The lowest BCUT2D eigenvalue weighted by Gasteiger charge is -2.06. The lowest BCUT2D eigenvalue weighted by molar-refractivity contribution is 0.0954. The lowest BCUT2D eigenvalue weighted by Crippen LogP contribution is -2.25. The summed E-state index contributed by atoms with van der Waals surface area (Å²) in [6.07, 6.45) is 9.37. The fourth-order valence-corrected chi connectivity index (χ4v) is 2.60. The van der Waals surface area contributed by atoms with E-state index in [4.69, 9.17) is 4.42 Å². The normalized spacial score (nSPS) is 11.0. The van der Waals surface area contributed by atoms with Gasteiger partial charge in [0.25, 0.3) is 5.91 Å². The van der Waals surface area contributed by atoms with Gasteiger partial charge in [-0.3, -0.25) is 4.79 Å². The number of hydrogen-bond donors (Lipinski definition) is 2. The van der Waals surface area contributed by atoms with Gasteiger partial charge in [-0.25, -0.2) is 15.0 Å². The van der Waals surface area contributed by atoms with E-state index in [1.165, 1.54) is 0 Å². The third-order valence-corrected chi connectivity index (χ3v) is 3.82. The fourth-order valence-electron chi connectivity index (χ4n) is 2.60. The third kappa shape index (κ3) is 3.14. The fraction of sp³-hybridized carbons (Fsp3) is 0.176. The number of aryl methyl sites for hydroxylation is 1. The first-order chi connectivity index (χ1) is 12.3. The summed E-state index contributed by atoms with van der Waals surface area (Å²) >= 11 is 0. The Bertz CT molecular complexity index is 972. The molecule has 25 heavy (non-hydrogen) atoms. The minimum absolute atomic E-state index is 0.171. The minimum atomic E-state index is -0.171. The molecular formula is C17H16N6O2. The van der Waals surface area contributed by atoms with Gasteiger partial charge in [-0.15, -0.1) is 0 Å². The van der Waals surface area contributed by atoms with E-state index in [9.17, 15) is 4.79 Å². The summed E-state index contributed by atoms with van der Waals surface area (Å²) in [5.41, 5.74) is 1.57. The summed E-state index contributed by atoms with van der Waals surface area (Å²) < 4.78 is 7.31. The second kappa shape index (κ2) is 6.60. The van der Waals surface area contributed by atoms with Gasteiger partial charge in [0.1, 0.15) is 5.52 Å². The molecule has 0 aliphatic carbocycles. The van der Waals surface area contributed by atoms with Crippen molar-refractivity contribution in [3.05, 3.63) is 54.9 Å². The van der Waals surface area contributed by atoms with Gasteiger partial charge >= 0.3 is 0 Å². The van der Waals surface area contributed by atoms with Gasteiger partial charge in [-0.05, 0) is 24.6 Å². The zero-order chi connectivity index (χ0) is 17.1. The van der Waals surface area contributed by atoms with Crippen molar-refractivity contribution in [1.82, 2.24) is 29.8 Å². The SMILES string of the molecule is O=C(NCCCn1ccnc1)c1ccnc2[nH]c(-c3ccco3)nc12. The molecular weight excluding hydrogens is 320 g/mol. The van der Waals surface area contributed by atoms with Gasteiger partial charge < -0.3 is 19.3 Å². The lowest BCUT2D eigenvalue weighted by atomic mass is 10.2.